The van der Waals surface area contributed by atoms with E-state index < -0.39 is 0 Å². The van der Waals surface area contributed by atoms with Crippen LogP contribution in [0.2, 0.25) is 0 Å². The van der Waals surface area contributed by atoms with Gasteiger partial charge in [0.2, 0.25) is 5.91 Å². The monoisotopic (exact) mass is 289 g/mol. The molecule has 0 saturated carbocycles. The van der Waals surface area contributed by atoms with Crippen LogP contribution >= 0.6 is 0 Å². The van der Waals surface area contributed by atoms with E-state index in [0.717, 1.165) is 24.1 Å². The molecule has 1 aromatic carbocycles. The molecule has 1 amide bonds. The van der Waals surface area contributed by atoms with E-state index in [1.54, 1.807) is 18.3 Å². The number of amides is 1. The SMILES string of the molecule is O=C(Cc1ccn[nH]1)N[C@@H]1CCCOc2cc(F)ccc21. The Hall–Kier alpha value is -2.37. The molecule has 110 valence electrons. The van der Waals surface area contributed by atoms with Crippen molar-refractivity contribution in [1.29, 1.82) is 0 Å². The fourth-order valence-corrected chi connectivity index (χ4v) is 2.50. The maximum Gasteiger partial charge on any atom is 0.226 e. The second-order valence-electron chi connectivity index (χ2n) is 5.05. The Labute approximate surface area is 121 Å². The van der Waals surface area contributed by atoms with Crippen molar-refractivity contribution in [3.05, 3.63) is 47.5 Å². The van der Waals surface area contributed by atoms with Crippen LogP contribution in [0.3, 0.4) is 0 Å². The van der Waals surface area contributed by atoms with E-state index >= 15 is 0 Å². The summed E-state index contributed by atoms with van der Waals surface area (Å²) in [6, 6.07) is 6.05. The van der Waals surface area contributed by atoms with Crippen molar-refractivity contribution < 1.29 is 13.9 Å². The molecule has 3 rings (SSSR count). The van der Waals surface area contributed by atoms with Crippen LogP contribution < -0.4 is 10.1 Å². The molecule has 1 aliphatic rings. The number of nitrogens with zero attached hydrogens (tertiary/aromatic N) is 1. The normalized spacial score (nSPS) is 17.5. The molecule has 2 aromatic rings. The summed E-state index contributed by atoms with van der Waals surface area (Å²) in [5.41, 5.74) is 1.59. The zero-order valence-electron chi connectivity index (χ0n) is 11.4. The molecule has 0 radical (unpaired) electrons. The Morgan fingerprint density at radius 1 is 1.48 bits per heavy atom. The minimum absolute atomic E-state index is 0.0959. The molecule has 0 aliphatic carbocycles. The third kappa shape index (κ3) is 3.21. The van der Waals surface area contributed by atoms with Gasteiger partial charge in [-0.3, -0.25) is 9.89 Å². The first-order chi connectivity index (χ1) is 10.2. The second kappa shape index (κ2) is 5.95. The van der Waals surface area contributed by atoms with Crippen LogP contribution in [0.1, 0.15) is 30.1 Å². The molecule has 21 heavy (non-hydrogen) atoms. The van der Waals surface area contributed by atoms with Crippen LogP contribution in [0.15, 0.2) is 30.5 Å². The van der Waals surface area contributed by atoms with Crippen molar-refractivity contribution in [2.45, 2.75) is 25.3 Å². The smallest absolute Gasteiger partial charge is 0.226 e. The van der Waals surface area contributed by atoms with Crippen molar-refractivity contribution in [3.8, 4) is 5.75 Å². The van der Waals surface area contributed by atoms with Gasteiger partial charge in [-0.25, -0.2) is 4.39 Å². The molecular weight excluding hydrogens is 273 g/mol. The highest BCUT2D eigenvalue weighted by molar-refractivity contribution is 5.78. The van der Waals surface area contributed by atoms with Crippen molar-refractivity contribution in [1.82, 2.24) is 15.5 Å². The minimum atomic E-state index is -0.335. The molecule has 5 nitrogen and oxygen atoms in total. The van der Waals surface area contributed by atoms with Gasteiger partial charge in [0.25, 0.3) is 0 Å². The lowest BCUT2D eigenvalue weighted by atomic mass is 10.0. The third-order valence-corrected chi connectivity index (χ3v) is 3.49. The van der Waals surface area contributed by atoms with E-state index in [4.69, 9.17) is 4.74 Å². The van der Waals surface area contributed by atoms with Gasteiger partial charge in [0, 0.05) is 23.5 Å². The largest absolute Gasteiger partial charge is 0.493 e. The lowest BCUT2D eigenvalue weighted by molar-refractivity contribution is -0.121. The summed E-state index contributed by atoms with van der Waals surface area (Å²) < 4.78 is 18.8. The number of halogens is 1. The summed E-state index contributed by atoms with van der Waals surface area (Å²) in [5.74, 6) is 0.0824. The summed E-state index contributed by atoms with van der Waals surface area (Å²) in [7, 11) is 0. The topological polar surface area (TPSA) is 67.0 Å². The molecule has 0 fully saturated rings. The van der Waals surface area contributed by atoms with Crippen LogP contribution in [0.25, 0.3) is 0 Å². The Bertz CT molecular complexity index is 628. The molecule has 1 aromatic heterocycles. The highest BCUT2D eigenvalue weighted by Gasteiger charge is 2.22. The van der Waals surface area contributed by atoms with Crippen molar-refractivity contribution in [3.63, 3.8) is 0 Å². The number of nitrogens with one attached hydrogen (secondary N) is 2. The van der Waals surface area contributed by atoms with Crippen LogP contribution in [0, 0.1) is 5.82 Å². The van der Waals surface area contributed by atoms with Crippen LogP contribution in [0.5, 0.6) is 5.75 Å². The highest BCUT2D eigenvalue weighted by atomic mass is 19.1. The van der Waals surface area contributed by atoms with Crippen molar-refractivity contribution >= 4 is 5.91 Å². The first-order valence-electron chi connectivity index (χ1n) is 6.92. The van der Waals surface area contributed by atoms with Gasteiger partial charge < -0.3 is 10.1 Å². The molecule has 0 unspecified atom stereocenters. The number of carbonyl (C=O) groups is 1. The molecule has 0 spiro atoms. The van der Waals surface area contributed by atoms with E-state index in [-0.39, 0.29) is 24.2 Å². The van der Waals surface area contributed by atoms with Crippen LogP contribution in [-0.2, 0) is 11.2 Å². The average Bonchev–Trinajstić information content (AvgIpc) is 2.87. The van der Waals surface area contributed by atoms with Gasteiger partial charge in [0.15, 0.2) is 0 Å². The molecule has 2 N–H and O–H groups in total. The van der Waals surface area contributed by atoms with Crippen LogP contribution in [-0.4, -0.2) is 22.7 Å². The number of rotatable bonds is 3. The van der Waals surface area contributed by atoms with E-state index in [9.17, 15) is 9.18 Å². The number of carbonyl (C=O) groups excluding carboxylic acids is 1. The summed E-state index contributed by atoms with van der Waals surface area (Å²) in [6.07, 6.45) is 3.44. The Morgan fingerprint density at radius 3 is 3.19 bits per heavy atom. The molecule has 1 aliphatic heterocycles. The number of fused-ring (bicyclic) bond motifs is 1. The van der Waals surface area contributed by atoms with Gasteiger partial charge in [-0.05, 0) is 25.0 Å². The summed E-state index contributed by atoms with van der Waals surface area (Å²) in [6.45, 7) is 0.531. The Kier molecular flexibility index (Phi) is 3.85. The van der Waals surface area contributed by atoms with Crippen LogP contribution in [0.4, 0.5) is 4.39 Å². The van der Waals surface area contributed by atoms with Gasteiger partial charge in [-0.15, -0.1) is 0 Å². The number of aromatic nitrogens is 2. The van der Waals surface area contributed by atoms with Gasteiger partial charge in [0.1, 0.15) is 11.6 Å². The second-order valence-corrected chi connectivity index (χ2v) is 5.05. The predicted molar refractivity (Wildman–Crippen MR) is 74.3 cm³/mol. The van der Waals surface area contributed by atoms with E-state index in [2.05, 4.69) is 15.5 Å². The van der Waals surface area contributed by atoms with E-state index in [1.165, 1.54) is 12.1 Å². The third-order valence-electron chi connectivity index (χ3n) is 3.49. The number of ether oxygens (including phenoxy) is 1. The summed E-state index contributed by atoms with van der Waals surface area (Å²) in [5, 5.41) is 9.56. The van der Waals surface area contributed by atoms with Gasteiger partial charge in [0.05, 0.1) is 19.1 Å². The lowest BCUT2D eigenvalue weighted by Gasteiger charge is -2.18. The Morgan fingerprint density at radius 2 is 2.38 bits per heavy atom. The zero-order chi connectivity index (χ0) is 14.7. The van der Waals surface area contributed by atoms with E-state index in [0.29, 0.717) is 12.4 Å². The maximum atomic E-state index is 13.3. The lowest BCUT2D eigenvalue weighted by Crippen LogP contribution is -2.29. The number of benzene rings is 1. The molecular formula is C15H16FN3O2. The summed E-state index contributed by atoms with van der Waals surface area (Å²) in [4.78, 5) is 12.1. The molecule has 0 bridgehead atoms. The fourth-order valence-electron chi connectivity index (χ4n) is 2.50. The van der Waals surface area contributed by atoms with E-state index in [1.807, 2.05) is 0 Å². The first-order valence-corrected chi connectivity index (χ1v) is 6.92. The van der Waals surface area contributed by atoms with Gasteiger partial charge >= 0.3 is 0 Å². The fraction of sp³-hybridized carbons (Fsp3) is 0.333. The van der Waals surface area contributed by atoms with Gasteiger partial charge in [-0.2, -0.15) is 5.10 Å². The quantitative estimate of drug-likeness (QED) is 0.909. The maximum absolute atomic E-state index is 13.3. The molecule has 1 atom stereocenters. The number of H-pyrrole nitrogens is 1. The number of hydrogen-bond donors (Lipinski definition) is 2. The number of hydrogen-bond acceptors (Lipinski definition) is 3. The zero-order valence-corrected chi connectivity index (χ0v) is 11.4. The Balaban J connectivity index is 1.74. The predicted octanol–water partition coefficient (Wildman–Crippen LogP) is 2.12. The standard InChI is InChI=1S/C15H16FN3O2/c16-10-3-4-12-13(2-1-7-21-14(12)8-10)18-15(20)9-11-5-6-17-19-11/h3-6,8,13H,1-2,7,9H2,(H,17,19)(H,18,20)/t13-/m1/s1. The average molecular weight is 289 g/mol. The van der Waals surface area contributed by atoms with Gasteiger partial charge in [-0.1, -0.05) is 6.07 Å². The number of aromatic amines is 1. The minimum Gasteiger partial charge on any atom is -0.493 e. The van der Waals surface area contributed by atoms with Crippen molar-refractivity contribution in [2.75, 3.05) is 6.61 Å². The van der Waals surface area contributed by atoms with Crippen molar-refractivity contribution in [2.24, 2.45) is 0 Å². The first kappa shape index (κ1) is 13.6. The molecule has 0 saturated heterocycles. The molecule has 2 heterocycles. The highest BCUT2D eigenvalue weighted by Crippen LogP contribution is 2.32. The molecule has 6 heteroatoms. The summed E-state index contributed by atoms with van der Waals surface area (Å²) >= 11 is 0.